The molecule has 1 aliphatic heterocycles. The normalized spacial score (nSPS) is 16.6. The minimum atomic E-state index is -3.87. The first-order chi connectivity index (χ1) is 13.5. The molecule has 0 spiro atoms. The third-order valence-corrected chi connectivity index (χ3v) is 8.06. The van der Waals surface area contributed by atoms with Crippen LogP contribution in [0.2, 0.25) is 0 Å². The van der Waals surface area contributed by atoms with Crippen LogP contribution in [0.1, 0.15) is 40.9 Å². The lowest BCUT2D eigenvalue weighted by Crippen LogP contribution is -2.38. The van der Waals surface area contributed by atoms with Gasteiger partial charge in [-0.15, -0.1) is 11.3 Å². The Morgan fingerprint density at radius 1 is 1.21 bits per heavy atom. The average molecular weight is 424 g/mol. The van der Waals surface area contributed by atoms with E-state index in [0.29, 0.717) is 11.5 Å². The van der Waals surface area contributed by atoms with Gasteiger partial charge >= 0.3 is 5.97 Å². The molecule has 0 saturated heterocycles. The lowest BCUT2D eigenvalue weighted by molar-refractivity contribution is 0.0602. The van der Waals surface area contributed by atoms with Gasteiger partial charge in [-0.2, -0.15) is 4.31 Å². The number of methoxy groups -OCH3 is 1. The molecule has 0 unspecified atom stereocenters. The molecule has 7 nitrogen and oxygen atoms in total. The Bertz CT molecular complexity index is 978. The number of carbonyl (C=O) groups excluding carboxylic acids is 1. The van der Waals surface area contributed by atoms with Gasteiger partial charge in [0.1, 0.15) is 9.77 Å². The molecule has 4 rings (SSSR count). The first-order valence-corrected chi connectivity index (χ1v) is 11.4. The van der Waals surface area contributed by atoms with Crippen LogP contribution in [0.5, 0.6) is 11.5 Å². The number of ether oxygens (including phenoxy) is 3. The summed E-state index contributed by atoms with van der Waals surface area (Å²) in [6.45, 7) is 0.376. The maximum absolute atomic E-state index is 13.5. The second-order valence-electron chi connectivity index (χ2n) is 6.78. The zero-order chi connectivity index (χ0) is 19.7. The Labute approximate surface area is 167 Å². The van der Waals surface area contributed by atoms with Gasteiger partial charge in [0.05, 0.1) is 7.11 Å². The average Bonchev–Trinajstić information content (AvgIpc) is 3.45. The molecule has 2 aromatic rings. The number of thiophene rings is 1. The van der Waals surface area contributed by atoms with Crippen LogP contribution in [0.15, 0.2) is 34.5 Å². The number of hydrogen-bond donors (Lipinski definition) is 0. The van der Waals surface area contributed by atoms with E-state index in [1.54, 1.807) is 11.4 Å². The molecule has 1 saturated carbocycles. The van der Waals surface area contributed by atoms with Gasteiger partial charge in [0.25, 0.3) is 0 Å². The highest BCUT2D eigenvalue weighted by atomic mass is 32.2. The number of carbonyl (C=O) groups is 1. The summed E-state index contributed by atoms with van der Waals surface area (Å²) in [7, 11) is -2.62. The summed E-state index contributed by atoms with van der Waals surface area (Å²) in [6, 6.07) is 6.84. The molecule has 0 bridgehead atoms. The Morgan fingerprint density at radius 2 is 1.96 bits per heavy atom. The van der Waals surface area contributed by atoms with E-state index in [2.05, 4.69) is 0 Å². The number of fused-ring (bicyclic) bond motifs is 1. The van der Waals surface area contributed by atoms with Crippen LogP contribution in [-0.2, 0) is 21.3 Å². The molecule has 2 aliphatic rings. The van der Waals surface area contributed by atoms with Gasteiger partial charge in [-0.3, -0.25) is 0 Å². The molecule has 0 N–H and O–H groups in total. The molecule has 0 amide bonds. The quantitative estimate of drug-likeness (QED) is 0.663. The van der Waals surface area contributed by atoms with Crippen molar-refractivity contribution in [1.82, 2.24) is 4.31 Å². The monoisotopic (exact) mass is 423 g/mol. The second kappa shape index (κ2) is 7.73. The molecule has 0 atom stereocenters. The summed E-state index contributed by atoms with van der Waals surface area (Å²) >= 11 is 1.07. The molecule has 1 fully saturated rings. The van der Waals surface area contributed by atoms with Crippen LogP contribution in [0.3, 0.4) is 0 Å². The van der Waals surface area contributed by atoms with E-state index >= 15 is 0 Å². The van der Waals surface area contributed by atoms with Crippen molar-refractivity contribution in [3.63, 3.8) is 0 Å². The second-order valence-corrected chi connectivity index (χ2v) is 9.56. The van der Waals surface area contributed by atoms with Crippen molar-refractivity contribution in [3.8, 4) is 11.5 Å². The van der Waals surface area contributed by atoms with Crippen LogP contribution >= 0.6 is 11.3 Å². The number of benzene rings is 1. The Kier molecular flexibility index (Phi) is 5.31. The minimum absolute atomic E-state index is 0.0111. The summed E-state index contributed by atoms with van der Waals surface area (Å²) in [5.74, 6) is 0.639. The van der Waals surface area contributed by atoms with Gasteiger partial charge in [-0.25, -0.2) is 13.2 Å². The smallest absolute Gasteiger partial charge is 0.349 e. The maximum atomic E-state index is 13.5. The van der Waals surface area contributed by atoms with Crippen LogP contribution in [0.4, 0.5) is 0 Å². The summed E-state index contributed by atoms with van der Waals surface area (Å²) in [6.07, 6.45) is 3.60. The fraction of sp³-hybridized carbons (Fsp3) is 0.421. The van der Waals surface area contributed by atoms with E-state index in [-0.39, 0.29) is 29.2 Å². The zero-order valence-electron chi connectivity index (χ0n) is 15.4. The van der Waals surface area contributed by atoms with Crippen LogP contribution in [0.25, 0.3) is 0 Å². The molecular formula is C19H21NO6S2. The van der Waals surface area contributed by atoms with Crippen molar-refractivity contribution >= 4 is 27.3 Å². The largest absolute Gasteiger partial charge is 0.465 e. The van der Waals surface area contributed by atoms with E-state index in [1.165, 1.54) is 17.5 Å². The summed E-state index contributed by atoms with van der Waals surface area (Å²) < 4.78 is 44.1. The van der Waals surface area contributed by atoms with Gasteiger partial charge in [-0.1, -0.05) is 18.9 Å². The van der Waals surface area contributed by atoms with Gasteiger partial charge in [0, 0.05) is 12.6 Å². The third kappa shape index (κ3) is 3.49. The van der Waals surface area contributed by atoms with Crippen molar-refractivity contribution in [2.24, 2.45) is 0 Å². The summed E-state index contributed by atoms with van der Waals surface area (Å²) in [4.78, 5) is 12.2. The lowest BCUT2D eigenvalue weighted by atomic mass is 10.1. The molecule has 1 aliphatic carbocycles. The predicted octanol–water partition coefficient (Wildman–Crippen LogP) is 3.40. The minimum Gasteiger partial charge on any atom is -0.465 e. The van der Waals surface area contributed by atoms with Crippen molar-refractivity contribution in [2.75, 3.05) is 13.9 Å². The molecule has 2 heterocycles. The Hall–Kier alpha value is -2.10. The van der Waals surface area contributed by atoms with Gasteiger partial charge in [0.15, 0.2) is 11.5 Å². The number of rotatable bonds is 6. The van der Waals surface area contributed by atoms with Crippen molar-refractivity contribution in [1.29, 1.82) is 0 Å². The van der Waals surface area contributed by atoms with Crippen molar-refractivity contribution in [2.45, 2.75) is 43.2 Å². The van der Waals surface area contributed by atoms with Crippen LogP contribution in [-0.4, -0.2) is 38.6 Å². The van der Waals surface area contributed by atoms with E-state index in [1.807, 2.05) is 12.1 Å². The standard InChI is InChI=1S/C19H21NO6S2/c1-24-19(21)18-17(8-9-27-18)28(22,23)20(14-4-2-3-5-14)11-13-6-7-15-16(10-13)26-12-25-15/h6-10,14H,2-5,11-12H2,1H3. The first kappa shape index (κ1) is 19.2. The first-order valence-electron chi connectivity index (χ1n) is 9.07. The van der Waals surface area contributed by atoms with E-state index < -0.39 is 16.0 Å². The third-order valence-electron chi connectivity index (χ3n) is 5.09. The van der Waals surface area contributed by atoms with Crippen molar-refractivity contribution < 1.29 is 27.4 Å². The highest BCUT2D eigenvalue weighted by Crippen LogP contribution is 2.36. The molecule has 9 heteroatoms. The highest BCUT2D eigenvalue weighted by molar-refractivity contribution is 7.89. The number of sulfonamides is 1. The number of esters is 1. The predicted molar refractivity (Wildman–Crippen MR) is 103 cm³/mol. The lowest BCUT2D eigenvalue weighted by Gasteiger charge is -2.28. The fourth-order valence-electron chi connectivity index (χ4n) is 3.69. The van der Waals surface area contributed by atoms with Crippen molar-refractivity contribution in [3.05, 3.63) is 40.1 Å². The molecular weight excluding hydrogens is 402 g/mol. The Morgan fingerprint density at radius 3 is 2.71 bits per heavy atom. The maximum Gasteiger partial charge on any atom is 0.349 e. The molecule has 1 aromatic heterocycles. The Balaban J connectivity index is 1.70. The van der Waals surface area contributed by atoms with Gasteiger partial charge in [0.2, 0.25) is 16.8 Å². The zero-order valence-corrected chi connectivity index (χ0v) is 17.1. The van der Waals surface area contributed by atoms with Gasteiger partial charge in [-0.05, 0) is 42.0 Å². The molecule has 28 heavy (non-hydrogen) atoms. The topological polar surface area (TPSA) is 82.1 Å². The SMILES string of the molecule is COC(=O)c1sccc1S(=O)(=O)N(Cc1ccc2c(c1)OCO2)C1CCCC1. The molecule has 0 radical (unpaired) electrons. The molecule has 150 valence electrons. The highest BCUT2D eigenvalue weighted by Gasteiger charge is 2.36. The molecule has 1 aromatic carbocycles. The van der Waals surface area contributed by atoms with Crippen LogP contribution < -0.4 is 9.47 Å². The number of hydrogen-bond acceptors (Lipinski definition) is 7. The van der Waals surface area contributed by atoms with Gasteiger partial charge < -0.3 is 14.2 Å². The van der Waals surface area contributed by atoms with Crippen LogP contribution in [0, 0.1) is 0 Å². The summed E-state index contributed by atoms with van der Waals surface area (Å²) in [5.41, 5.74) is 0.814. The summed E-state index contributed by atoms with van der Waals surface area (Å²) in [5, 5.41) is 1.60. The van der Waals surface area contributed by atoms with E-state index in [0.717, 1.165) is 42.6 Å². The van der Waals surface area contributed by atoms with E-state index in [9.17, 15) is 13.2 Å². The van der Waals surface area contributed by atoms with E-state index in [4.69, 9.17) is 14.2 Å². The number of nitrogens with zero attached hydrogens (tertiary/aromatic N) is 1. The fourth-order valence-corrected chi connectivity index (χ4v) is 6.67.